The third-order valence-corrected chi connectivity index (χ3v) is 3.48. The number of carbonyl (C=O) groups excluding carboxylic acids is 1. The minimum absolute atomic E-state index is 0.0421. The second-order valence-electron chi connectivity index (χ2n) is 3.93. The molecule has 0 unspecified atom stereocenters. The van der Waals surface area contributed by atoms with Crippen LogP contribution >= 0.6 is 11.3 Å². The van der Waals surface area contributed by atoms with Gasteiger partial charge in [-0.1, -0.05) is 0 Å². The van der Waals surface area contributed by atoms with Gasteiger partial charge in [0.25, 0.3) is 5.91 Å². The molecule has 1 heterocycles. The van der Waals surface area contributed by atoms with Gasteiger partial charge in [0.15, 0.2) is 0 Å². The van der Waals surface area contributed by atoms with Gasteiger partial charge in [0.1, 0.15) is 5.82 Å². The first-order valence-corrected chi connectivity index (χ1v) is 6.26. The molecular formula is C13H13FN2OS. The molecule has 0 spiro atoms. The Hall–Kier alpha value is -1.88. The smallest absolute Gasteiger partial charge is 0.251 e. The van der Waals surface area contributed by atoms with Crippen LogP contribution in [0.25, 0.3) is 0 Å². The Morgan fingerprint density at radius 1 is 1.39 bits per heavy atom. The Labute approximate surface area is 108 Å². The first kappa shape index (κ1) is 12.6. The van der Waals surface area contributed by atoms with Gasteiger partial charge in [0, 0.05) is 15.3 Å². The highest BCUT2D eigenvalue weighted by Crippen LogP contribution is 2.15. The Morgan fingerprint density at radius 3 is 2.78 bits per heavy atom. The van der Waals surface area contributed by atoms with E-state index in [1.54, 1.807) is 11.3 Å². The first-order chi connectivity index (χ1) is 8.56. The van der Waals surface area contributed by atoms with Crippen LogP contribution in [0.15, 0.2) is 30.3 Å². The van der Waals surface area contributed by atoms with Gasteiger partial charge >= 0.3 is 0 Å². The van der Waals surface area contributed by atoms with Crippen molar-refractivity contribution in [3.8, 4) is 0 Å². The van der Waals surface area contributed by atoms with Gasteiger partial charge in [-0.05, 0) is 37.3 Å². The van der Waals surface area contributed by atoms with Crippen molar-refractivity contribution in [2.45, 2.75) is 13.5 Å². The quantitative estimate of drug-likeness (QED) is 0.837. The minimum Gasteiger partial charge on any atom is -0.396 e. The summed E-state index contributed by atoms with van der Waals surface area (Å²) in [5, 5.41) is 2.74. The van der Waals surface area contributed by atoms with Crippen molar-refractivity contribution in [1.29, 1.82) is 0 Å². The molecule has 0 atom stereocenters. The summed E-state index contributed by atoms with van der Waals surface area (Å²) in [7, 11) is 0. The van der Waals surface area contributed by atoms with Gasteiger partial charge in [0.05, 0.1) is 12.2 Å². The zero-order valence-corrected chi connectivity index (χ0v) is 10.7. The van der Waals surface area contributed by atoms with E-state index in [1.165, 1.54) is 17.0 Å². The highest BCUT2D eigenvalue weighted by atomic mass is 32.1. The molecular weight excluding hydrogens is 251 g/mol. The molecule has 0 radical (unpaired) electrons. The molecule has 0 aliphatic carbocycles. The Kier molecular flexibility index (Phi) is 3.62. The Morgan fingerprint density at radius 2 is 2.17 bits per heavy atom. The van der Waals surface area contributed by atoms with E-state index in [1.807, 2.05) is 19.1 Å². The van der Waals surface area contributed by atoms with Crippen molar-refractivity contribution in [2.75, 3.05) is 5.73 Å². The van der Waals surface area contributed by atoms with Gasteiger partial charge in [-0.2, -0.15) is 0 Å². The number of anilines is 1. The molecule has 94 valence electrons. The third-order valence-electron chi connectivity index (χ3n) is 2.48. The standard InChI is InChI=1S/C13H13FN2OS/c1-8-2-4-10(18-8)7-16-13(17)9-3-5-12(15)11(14)6-9/h2-6H,7,15H2,1H3,(H,16,17). The highest BCUT2D eigenvalue weighted by molar-refractivity contribution is 7.11. The van der Waals surface area contributed by atoms with E-state index in [0.717, 1.165) is 10.9 Å². The molecule has 3 nitrogen and oxygen atoms in total. The lowest BCUT2D eigenvalue weighted by molar-refractivity contribution is 0.0951. The normalized spacial score (nSPS) is 10.3. The lowest BCUT2D eigenvalue weighted by atomic mass is 10.2. The van der Waals surface area contributed by atoms with E-state index >= 15 is 0 Å². The SMILES string of the molecule is Cc1ccc(CNC(=O)c2ccc(N)c(F)c2)s1. The monoisotopic (exact) mass is 264 g/mol. The molecule has 18 heavy (non-hydrogen) atoms. The second kappa shape index (κ2) is 5.18. The van der Waals surface area contributed by atoms with E-state index in [9.17, 15) is 9.18 Å². The average Bonchev–Trinajstić information content (AvgIpc) is 2.75. The van der Waals surface area contributed by atoms with Crippen LogP contribution in [0.1, 0.15) is 20.1 Å². The number of nitrogens with one attached hydrogen (secondary N) is 1. The number of nitrogen functional groups attached to an aromatic ring is 1. The van der Waals surface area contributed by atoms with Crippen LogP contribution in [0.5, 0.6) is 0 Å². The van der Waals surface area contributed by atoms with Gasteiger partial charge in [0.2, 0.25) is 0 Å². The number of aryl methyl sites for hydroxylation is 1. The van der Waals surface area contributed by atoms with E-state index < -0.39 is 5.82 Å². The van der Waals surface area contributed by atoms with Crippen molar-refractivity contribution >= 4 is 22.9 Å². The van der Waals surface area contributed by atoms with Gasteiger partial charge in [-0.3, -0.25) is 4.79 Å². The van der Waals surface area contributed by atoms with Crippen LogP contribution in [0, 0.1) is 12.7 Å². The number of hydrogen-bond acceptors (Lipinski definition) is 3. The topological polar surface area (TPSA) is 55.1 Å². The second-order valence-corrected chi connectivity index (χ2v) is 5.30. The van der Waals surface area contributed by atoms with Crippen LogP contribution < -0.4 is 11.1 Å². The Balaban J connectivity index is 2.01. The lowest BCUT2D eigenvalue weighted by Gasteiger charge is -2.04. The zero-order chi connectivity index (χ0) is 13.1. The lowest BCUT2D eigenvalue weighted by Crippen LogP contribution is -2.22. The minimum atomic E-state index is -0.574. The largest absolute Gasteiger partial charge is 0.396 e. The maximum absolute atomic E-state index is 13.2. The van der Waals surface area contributed by atoms with Crippen LogP contribution in [0.4, 0.5) is 10.1 Å². The molecule has 0 aliphatic rings. The van der Waals surface area contributed by atoms with E-state index in [4.69, 9.17) is 5.73 Å². The number of halogens is 1. The fourth-order valence-electron chi connectivity index (χ4n) is 1.52. The summed E-state index contributed by atoms with van der Waals surface area (Å²) in [6.45, 7) is 2.45. The number of amides is 1. The predicted molar refractivity (Wildman–Crippen MR) is 71.0 cm³/mol. The number of rotatable bonds is 3. The molecule has 0 saturated heterocycles. The molecule has 0 fully saturated rings. The number of benzene rings is 1. The first-order valence-electron chi connectivity index (χ1n) is 5.45. The molecule has 2 aromatic rings. The number of thiophene rings is 1. The summed E-state index contributed by atoms with van der Waals surface area (Å²) in [5.74, 6) is -0.880. The van der Waals surface area contributed by atoms with Crippen molar-refractivity contribution < 1.29 is 9.18 Å². The van der Waals surface area contributed by atoms with Gasteiger partial charge in [-0.25, -0.2) is 4.39 Å². The Bertz CT molecular complexity index is 580. The number of carbonyl (C=O) groups is 1. The van der Waals surface area contributed by atoms with Crippen LogP contribution in [-0.4, -0.2) is 5.91 Å². The van der Waals surface area contributed by atoms with Crippen LogP contribution in [-0.2, 0) is 6.54 Å². The molecule has 0 aliphatic heterocycles. The molecule has 1 aromatic heterocycles. The number of nitrogens with two attached hydrogens (primary N) is 1. The molecule has 2 rings (SSSR count). The fraction of sp³-hybridized carbons (Fsp3) is 0.154. The molecule has 0 saturated carbocycles. The summed E-state index contributed by atoms with van der Waals surface area (Å²) >= 11 is 1.62. The van der Waals surface area contributed by atoms with E-state index in [-0.39, 0.29) is 17.2 Å². The summed E-state index contributed by atoms with van der Waals surface area (Å²) in [4.78, 5) is 14.0. The zero-order valence-electron chi connectivity index (χ0n) is 9.87. The number of hydrogen-bond donors (Lipinski definition) is 2. The van der Waals surface area contributed by atoms with E-state index in [0.29, 0.717) is 6.54 Å². The molecule has 1 aromatic carbocycles. The van der Waals surface area contributed by atoms with Crippen molar-refractivity contribution in [2.24, 2.45) is 0 Å². The van der Waals surface area contributed by atoms with Crippen LogP contribution in [0.3, 0.4) is 0 Å². The van der Waals surface area contributed by atoms with E-state index in [2.05, 4.69) is 5.32 Å². The highest BCUT2D eigenvalue weighted by Gasteiger charge is 2.08. The molecule has 1 amide bonds. The van der Waals surface area contributed by atoms with Crippen LogP contribution in [0.2, 0.25) is 0 Å². The van der Waals surface area contributed by atoms with Gasteiger partial charge < -0.3 is 11.1 Å². The maximum atomic E-state index is 13.2. The maximum Gasteiger partial charge on any atom is 0.251 e. The molecule has 5 heteroatoms. The summed E-state index contributed by atoms with van der Waals surface area (Å²) < 4.78 is 13.2. The van der Waals surface area contributed by atoms with Gasteiger partial charge in [-0.15, -0.1) is 11.3 Å². The summed E-state index contributed by atoms with van der Waals surface area (Å²) in [6.07, 6.45) is 0. The van der Waals surface area contributed by atoms with Crippen molar-refractivity contribution in [1.82, 2.24) is 5.32 Å². The molecule has 0 bridgehead atoms. The predicted octanol–water partition coefficient (Wildman–Crippen LogP) is 2.71. The summed E-state index contributed by atoms with van der Waals surface area (Å²) in [6, 6.07) is 8.00. The molecule has 3 N–H and O–H groups in total. The summed E-state index contributed by atoms with van der Waals surface area (Å²) in [5.41, 5.74) is 5.67. The average molecular weight is 264 g/mol. The van der Waals surface area contributed by atoms with Crippen molar-refractivity contribution in [3.05, 3.63) is 51.5 Å². The van der Waals surface area contributed by atoms with Crippen molar-refractivity contribution in [3.63, 3.8) is 0 Å². The fourth-order valence-corrected chi connectivity index (χ4v) is 2.35. The third kappa shape index (κ3) is 2.87.